The van der Waals surface area contributed by atoms with Crippen molar-refractivity contribution in [3.8, 4) is 11.8 Å². The SMILES string of the molecule is Cc1cc(C#N)cc(C)c1OCC1Cc2ccccc21. The Labute approximate surface area is 119 Å². The lowest BCUT2D eigenvalue weighted by molar-refractivity contribution is 0.272. The number of nitriles is 1. The van der Waals surface area contributed by atoms with Crippen molar-refractivity contribution in [1.29, 1.82) is 5.26 Å². The summed E-state index contributed by atoms with van der Waals surface area (Å²) in [5.41, 5.74) is 5.62. The lowest BCUT2D eigenvalue weighted by Gasteiger charge is -2.30. The van der Waals surface area contributed by atoms with E-state index < -0.39 is 0 Å². The van der Waals surface area contributed by atoms with Gasteiger partial charge in [0.05, 0.1) is 18.2 Å². The second-order valence-electron chi connectivity index (χ2n) is 5.46. The molecule has 20 heavy (non-hydrogen) atoms. The first-order chi connectivity index (χ1) is 9.69. The highest BCUT2D eigenvalue weighted by Crippen LogP contribution is 2.36. The van der Waals surface area contributed by atoms with Gasteiger partial charge in [-0.15, -0.1) is 0 Å². The van der Waals surface area contributed by atoms with Crippen molar-refractivity contribution in [3.05, 3.63) is 64.2 Å². The first-order valence-corrected chi connectivity index (χ1v) is 6.91. The second-order valence-corrected chi connectivity index (χ2v) is 5.46. The summed E-state index contributed by atoms with van der Waals surface area (Å²) in [6.45, 7) is 4.71. The van der Waals surface area contributed by atoms with Crippen LogP contribution in [0.5, 0.6) is 5.75 Å². The zero-order valence-electron chi connectivity index (χ0n) is 11.8. The fourth-order valence-electron chi connectivity index (χ4n) is 2.94. The number of nitrogens with zero attached hydrogens (tertiary/aromatic N) is 1. The summed E-state index contributed by atoms with van der Waals surface area (Å²) in [6.07, 6.45) is 1.10. The third-order valence-corrected chi connectivity index (χ3v) is 3.98. The Hall–Kier alpha value is -2.27. The van der Waals surface area contributed by atoms with E-state index in [-0.39, 0.29) is 0 Å². The van der Waals surface area contributed by atoms with E-state index in [4.69, 9.17) is 10.00 Å². The first-order valence-electron chi connectivity index (χ1n) is 6.91. The van der Waals surface area contributed by atoms with Crippen LogP contribution in [0.3, 0.4) is 0 Å². The van der Waals surface area contributed by atoms with Gasteiger partial charge in [-0.1, -0.05) is 24.3 Å². The molecule has 0 saturated carbocycles. The third-order valence-electron chi connectivity index (χ3n) is 3.98. The molecule has 0 spiro atoms. The maximum atomic E-state index is 8.96. The highest BCUT2D eigenvalue weighted by molar-refractivity contribution is 5.47. The lowest BCUT2D eigenvalue weighted by atomic mass is 9.78. The van der Waals surface area contributed by atoms with Gasteiger partial charge in [-0.25, -0.2) is 0 Å². The molecule has 0 aliphatic heterocycles. The van der Waals surface area contributed by atoms with Gasteiger partial charge in [0.2, 0.25) is 0 Å². The van der Waals surface area contributed by atoms with Crippen LogP contribution in [0, 0.1) is 25.2 Å². The average Bonchev–Trinajstić information content (AvgIpc) is 2.42. The van der Waals surface area contributed by atoms with E-state index in [1.54, 1.807) is 0 Å². The van der Waals surface area contributed by atoms with E-state index in [2.05, 4.69) is 30.3 Å². The summed E-state index contributed by atoms with van der Waals surface area (Å²) in [5, 5.41) is 8.96. The number of rotatable bonds is 3. The smallest absolute Gasteiger partial charge is 0.125 e. The Balaban J connectivity index is 1.73. The zero-order chi connectivity index (χ0) is 14.1. The third kappa shape index (κ3) is 2.16. The molecule has 0 bridgehead atoms. The number of hydrogen-bond acceptors (Lipinski definition) is 2. The quantitative estimate of drug-likeness (QED) is 0.841. The Morgan fingerprint density at radius 2 is 1.90 bits per heavy atom. The molecule has 1 aliphatic rings. The molecule has 1 atom stereocenters. The minimum atomic E-state index is 0.501. The highest BCUT2D eigenvalue weighted by atomic mass is 16.5. The molecule has 0 heterocycles. The molecule has 0 aromatic heterocycles. The zero-order valence-corrected chi connectivity index (χ0v) is 11.8. The van der Waals surface area contributed by atoms with Crippen LogP contribution in [0.1, 0.15) is 33.7 Å². The van der Waals surface area contributed by atoms with E-state index in [9.17, 15) is 0 Å². The summed E-state index contributed by atoms with van der Waals surface area (Å²) < 4.78 is 6.02. The van der Waals surface area contributed by atoms with E-state index >= 15 is 0 Å². The Morgan fingerprint density at radius 3 is 2.55 bits per heavy atom. The van der Waals surface area contributed by atoms with Crippen molar-refractivity contribution in [2.45, 2.75) is 26.2 Å². The normalized spacial score (nSPS) is 15.9. The van der Waals surface area contributed by atoms with Gasteiger partial charge in [0.1, 0.15) is 5.75 Å². The van der Waals surface area contributed by atoms with Crippen LogP contribution < -0.4 is 4.74 Å². The Morgan fingerprint density at radius 1 is 1.20 bits per heavy atom. The van der Waals surface area contributed by atoms with Crippen LogP contribution in [-0.2, 0) is 6.42 Å². The van der Waals surface area contributed by atoms with Crippen LogP contribution in [0.4, 0.5) is 0 Å². The average molecular weight is 263 g/mol. The largest absolute Gasteiger partial charge is 0.492 e. The van der Waals surface area contributed by atoms with Gasteiger partial charge in [0.15, 0.2) is 0 Å². The van der Waals surface area contributed by atoms with Crippen LogP contribution in [-0.4, -0.2) is 6.61 Å². The van der Waals surface area contributed by atoms with Crippen molar-refractivity contribution in [2.24, 2.45) is 0 Å². The van der Waals surface area contributed by atoms with E-state index in [1.165, 1.54) is 11.1 Å². The highest BCUT2D eigenvalue weighted by Gasteiger charge is 2.26. The van der Waals surface area contributed by atoms with E-state index in [0.717, 1.165) is 23.3 Å². The summed E-state index contributed by atoms with van der Waals surface area (Å²) >= 11 is 0. The fraction of sp³-hybridized carbons (Fsp3) is 0.278. The van der Waals surface area contributed by atoms with Crippen molar-refractivity contribution in [3.63, 3.8) is 0 Å². The molecular weight excluding hydrogens is 246 g/mol. The fourth-order valence-corrected chi connectivity index (χ4v) is 2.94. The number of benzene rings is 2. The van der Waals surface area contributed by atoms with Crippen molar-refractivity contribution in [2.75, 3.05) is 6.61 Å². The maximum Gasteiger partial charge on any atom is 0.125 e. The van der Waals surface area contributed by atoms with Gasteiger partial charge in [-0.3, -0.25) is 0 Å². The van der Waals surface area contributed by atoms with Gasteiger partial charge in [0.25, 0.3) is 0 Å². The van der Waals surface area contributed by atoms with Crippen molar-refractivity contribution in [1.82, 2.24) is 0 Å². The van der Waals surface area contributed by atoms with Gasteiger partial charge in [-0.2, -0.15) is 5.26 Å². The van der Waals surface area contributed by atoms with E-state index in [1.807, 2.05) is 26.0 Å². The summed E-state index contributed by atoms with van der Waals surface area (Å²) in [6, 6.07) is 14.5. The van der Waals surface area contributed by atoms with Crippen molar-refractivity contribution < 1.29 is 4.74 Å². The molecular formula is C18H17NO. The molecule has 1 unspecified atom stereocenters. The standard InChI is InChI=1S/C18H17NO/c1-12-7-14(10-19)8-13(2)18(12)20-11-16-9-15-5-3-4-6-17(15)16/h3-8,16H,9,11H2,1-2H3. The Kier molecular flexibility index (Phi) is 3.20. The van der Waals surface area contributed by atoms with E-state index in [0.29, 0.717) is 18.1 Å². The van der Waals surface area contributed by atoms with Crippen LogP contribution in [0.15, 0.2) is 36.4 Å². The molecule has 2 aromatic rings. The number of ether oxygens (including phenoxy) is 1. The molecule has 2 nitrogen and oxygen atoms in total. The minimum Gasteiger partial charge on any atom is -0.492 e. The maximum absolute atomic E-state index is 8.96. The Bertz CT molecular complexity index is 674. The molecule has 2 heteroatoms. The summed E-state index contributed by atoms with van der Waals surface area (Å²) in [5.74, 6) is 1.43. The van der Waals surface area contributed by atoms with Gasteiger partial charge in [0, 0.05) is 5.92 Å². The van der Waals surface area contributed by atoms with Crippen LogP contribution >= 0.6 is 0 Å². The number of hydrogen-bond donors (Lipinski definition) is 0. The lowest BCUT2D eigenvalue weighted by Crippen LogP contribution is -2.23. The molecule has 0 fully saturated rings. The number of aryl methyl sites for hydroxylation is 2. The molecule has 3 rings (SSSR count). The second kappa shape index (κ2) is 5.02. The monoisotopic (exact) mass is 263 g/mol. The molecule has 0 amide bonds. The number of fused-ring (bicyclic) bond motifs is 1. The van der Waals surface area contributed by atoms with Crippen molar-refractivity contribution >= 4 is 0 Å². The van der Waals surface area contributed by atoms with Gasteiger partial charge < -0.3 is 4.74 Å². The summed E-state index contributed by atoms with van der Waals surface area (Å²) in [7, 11) is 0. The molecule has 0 radical (unpaired) electrons. The molecule has 1 aliphatic carbocycles. The minimum absolute atomic E-state index is 0.501. The molecule has 0 N–H and O–H groups in total. The van der Waals surface area contributed by atoms with Gasteiger partial charge >= 0.3 is 0 Å². The molecule has 100 valence electrons. The predicted octanol–water partition coefficient (Wildman–Crippen LogP) is 3.89. The molecule has 2 aromatic carbocycles. The predicted molar refractivity (Wildman–Crippen MR) is 79.0 cm³/mol. The summed E-state index contributed by atoms with van der Waals surface area (Å²) in [4.78, 5) is 0. The first kappa shape index (κ1) is 12.7. The molecule has 0 saturated heterocycles. The van der Waals surface area contributed by atoms with Crippen LogP contribution in [0.2, 0.25) is 0 Å². The van der Waals surface area contributed by atoms with Crippen LogP contribution in [0.25, 0.3) is 0 Å². The van der Waals surface area contributed by atoms with Gasteiger partial charge in [-0.05, 0) is 54.7 Å². The topological polar surface area (TPSA) is 33.0 Å².